The number of hydrogen-bond donors (Lipinski definition) is 2. The summed E-state index contributed by atoms with van der Waals surface area (Å²) in [5.74, 6) is -0.424. The number of imidazole rings is 1. The third-order valence-electron chi connectivity index (χ3n) is 1.00. The first-order valence-electron chi connectivity index (χ1n) is 2.60. The van der Waals surface area contributed by atoms with Crippen LogP contribution >= 0.6 is 12.2 Å². The van der Waals surface area contributed by atoms with E-state index >= 15 is 0 Å². The Morgan fingerprint density at radius 2 is 2.50 bits per heavy atom. The molecule has 0 aliphatic heterocycles. The summed E-state index contributed by atoms with van der Waals surface area (Å²) in [5, 5.41) is 0. The summed E-state index contributed by atoms with van der Waals surface area (Å²) in [6.07, 6.45) is 1.47. The van der Waals surface area contributed by atoms with Crippen molar-refractivity contribution in [3.8, 4) is 0 Å². The number of aromatic amines is 2. The van der Waals surface area contributed by atoms with E-state index in [-0.39, 0.29) is 0 Å². The van der Waals surface area contributed by atoms with E-state index in [0.29, 0.717) is 10.5 Å². The molecule has 4 nitrogen and oxygen atoms in total. The molecule has 1 heterocycles. The summed E-state index contributed by atoms with van der Waals surface area (Å²) in [5.41, 5.74) is 0.340. The fourth-order valence-electron chi connectivity index (χ4n) is 0.552. The van der Waals surface area contributed by atoms with Crippen molar-refractivity contribution < 1.29 is 9.53 Å². The lowest BCUT2D eigenvalue weighted by molar-refractivity contribution is 0.0594. The standard InChI is InChI=1S/C5H6N2O2S/c1-9-4(8)3-2-6-5(10)7-3/h2H,1H3,(H2,6,7,10). The van der Waals surface area contributed by atoms with Crippen molar-refractivity contribution in [3.05, 3.63) is 16.7 Å². The quantitative estimate of drug-likeness (QED) is 0.470. The lowest BCUT2D eigenvalue weighted by Gasteiger charge is -1.90. The van der Waals surface area contributed by atoms with Gasteiger partial charge in [0.2, 0.25) is 0 Å². The minimum Gasteiger partial charge on any atom is -0.464 e. The molecule has 0 fully saturated rings. The highest BCUT2D eigenvalue weighted by Crippen LogP contribution is 1.93. The summed E-state index contributed by atoms with van der Waals surface area (Å²) in [6, 6.07) is 0. The predicted octanol–water partition coefficient (Wildman–Crippen LogP) is 0.859. The Balaban J connectivity index is 2.95. The molecule has 1 rings (SSSR count). The number of carbonyl (C=O) groups excluding carboxylic acids is 1. The van der Waals surface area contributed by atoms with E-state index < -0.39 is 5.97 Å². The maximum Gasteiger partial charge on any atom is 0.356 e. The van der Waals surface area contributed by atoms with Crippen molar-refractivity contribution in [1.29, 1.82) is 0 Å². The number of hydrogen-bond acceptors (Lipinski definition) is 3. The third kappa shape index (κ3) is 1.24. The number of carbonyl (C=O) groups is 1. The van der Waals surface area contributed by atoms with Gasteiger partial charge in [-0.2, -0.15) is 0 Å². The summed E-state index contributed by atoms with van der Waals surface area (Å²) in [7, 11) is 1.31. The van der Waals surface area contributed by atoms with E-state index in [1.54, 1.807) is 0 Å². The molecule has 0 unspecified atom stereocenters. The van der Waals surface area contributed by atoms with Crippen LogP contribution in [0.25, 0.3) is 0 Å². The SMILES string of the molecule is COC(=O)c1c[nH]c(=S)[nH]1. The highest BCUT2D eigenvalue weighted by atomic mass is 32.1. The van der Waals surface area contributed by atoms with Crippen LogP contribution in [-0.2, 0) is 4.74 Å². The Labute approximate surface area is 62.2 Å². The molecule has 0 aliphatic rings. The van der Waals surface area contributed by atoms with Gasteiger partial charge < -0.3 is 14.7 Å². The van der Waals surface area contributed by atoms with Gasteiger partial charge in [0.1, 0.15) is 5.69 Å². The fourth-order valence-corrected chi connectivity index (χ4v) is 0.721. The van der Waals surface area contributed by atoms with Gasteiger partial charge in [-0.15, -0.1) is 0 Å². The molecule has 0 saturated carbocycles. The van der Waals surface area contributed by atoms with Gasteiger partial charge >= 0.3 is 5.97 Å². The first-order chi connectivity index (χ1) is 4.74. The second kappa shape index (κ2) is 2.66. The Morgan fingerprint density at radius 3 is 2.90 bits per heavy atom. The van der Waals surface area contributed by atoms with Crippen LogP contribution in [0.4, 0.5) is 0 Å². The molecule has 54 valence electrons. The molecule has 0 amide bonds. The van der Waals surface area contributed by atoms with E-state index in [2.05, 4.69) is 26.9 Å². The van der Waals surface area contributed by atoms with Crippen molar-refractivity contribution in [2.24, 2.45) is 0 Å². The van der Waals surface area contributed by atoms with Gasteiger partial charge in [0.25, 0.3) is 0 Å². The smallest absolute Gasteiger partial charge is 0.356 e. The second-order valence-electron chi connectivity index (χ2n) is 1.65. The molecule has 5 heteroatoms. The molecule has 1 aromatic heterocycles. The third-order valence-corrected chi connectivity index (χ3v) is 1.22. The predicted molar refractivity (Wildman–Crippen MR) is 37.3 cm³/mol. The van der Waals surface area contributed by atoms with Gasteiger partial charge in [-0.1, -0.05) is 0 Å². The Hall–Kier alpha value is -1.10. The Bertz CT molecular complexity index is 288. The van der Waals surface area contributed by atoms with Crippen LogP contribution in [0.1, 0.15) is 10.5 Å². The summed E-state index contributed by atoms with van der Waals surface area (Å²) in [4.78, 5) is 16.0. The Morgan fingerprint density at radius 1 is 1.80 bits per heavy atom. The maximum atomic E-state index is 10.7. The highest BCUT2D eigenvalue weighted by molar-refractivity contribution is 7.71. The summed E-state index contributed by atoms with van der Waals surface area (Å²) >= 11 is 4.68. The zero-order valence-corrected chi connectivity index (χ0v) is 6.12. The van der Waals surface area contributed by atoms with Gasteiger partial charge in [0, 0.05) is 6.20 Å². The number of rotatable bonds is 1. The number of H-pyrrole nitrogens is 2. The van der Waals surface area contributed by atoms with E-state index in [9.17, 15) is 4.79 Å². The van der Waals surface area contributed by atoms with E-state index in [4.69, 9.17) is 0 Å². The van der Waals surface area contributed by atoms with E-state index in [1.807, 2.05) is 0 Å². The van der Waals surface area contributed by atoms with Crippen LogP contribution in [0, 0.1) is 4.77 Å². The molecular weight excluding hydrogens is 152 g/mol. The van der Waals surface area contributed by atoms with E-state index in [1.165, 1.54) is 13.3 Å². The molecule has 0 spiro atoms. The first kappa shape index (κ1) is 7.01. The Kier molecular flexibility index (Phi) is 1.86. The molecule has 0 radical (unpaired) electrons. The molecule has 0 aromatic carbocycles. The van der Waals surface area contributed by atoms with Gasteiger partial charge in [-0.05, 0) is 12.2 Å². The van der Waals surface area contributed by atoms with Gasteiger partial charge in [0.05, 0.1) is 7.11 Å². The minimum absolute atomic E-state index is 0.340. The number of methoxy groups -OCH3 is 1. The molecule has 1 aromatic rings. The average molecular weight is 158 g/mol. The van der Waals surface area contributed by atoms with Crippen LogP contribution in [0.5, 0.6) is 0 Å². The van der Waals surface area contributed by atoms with Crippen molar-refractivity contribution in [2.45, 2.75) is 0 Å². The fraction of sp³-hybridized carbons (Fsp3) is 0.200. The number of esters is 1. The molecule has 10 heavy (non-hydrogen) atoms. The van der Waals surface area contributed by atoms with Crippen molar-refractivity contribution in [3.63, 3.8) is 0 Å². The van der Waals surface area contributed by atoms with Crippen LogP contribution in [0.15, 0.2) is 6.20 Å². The molecule has 2 N–H and O–H groups in total. The first-order valence-corrected chi connectivity index (χ1v) is 3.01. The molecule has 0 aliphatic carbocycles. The molecular formula is C5H6N2O2S. The van der Waals surface area contributed by atoms with Crippen LogP contribution in [-0.4, -0.2) is 23.0 Å². The van der Waals surface area contributed by atoms with Crippen LogP contribution in [0.3, 0.4) is 0 Å². The lowest BCUT2D eigenvalue weighted by Crippen LogP contribution is -2.00. The largest absolute Gasteiger partial charge is 0.464 e. The minimum atomic E-state index is -0.424. The highest BCUT2D eigenvalue weighted by Gasteiger charge is 2.04. The van der Waals surface area contributed by atoms with Crippen molar-refractivity contribution in [2.75, 3.05) is 7.11 Å². The van der Waals surface area contributed by atoms with Crippen LogP contribution in [0.2, 0.25) is 0 Å². The van der Waals surface area contributed by atoms with Crippen LogP contribution < -0.4 is 0 Å². The summed E-state index contributed by atoms with van der Waals surface area (Å²) < 4.78 is 4.83. The topological polar surface area (TPSA) is 57.9 Å². The van der Waals surface area contributed by atoms with Gasteiger partial charge in [-0.25, -0.2) is 4.79 Å². The monoisotopic (exact) mass is 158 g/mol. The maximum absolute atomic E-state index is 10.7. The number of aromatic nitrogens is 2. The normalized spacial score (nSPS) is 9.30. The molecule has 0 saturated heterocycles. The molecule has 0 bridgehead atoms. The molecule has 0 atom stereocenters. The van der Waals surface area contributed by atoms with Gasteiger partial charge in [-0.3, -0.25) is 0 Å². The second-order valence-corrected chi connectivity index (χ2v) is 2.06. The number of nitrogens with one attached hydrogen (secondary N) is 2. The van der Waals surface area contributed by atoms with Crippen molar-refractivity contribution >= 4 is 18.2 Å². The lowest BCUT2D eigenvalue weighted by atomic mass is 10.5. The zero-order valence-electron chi connectivity index (χ0n) is 5.30. The number of ether oxygens (including phenoxy) is 1. The van der Waals surface area contributed by atoms with Gasteiger partial charge in [0.15, 0.2) is 4.77 Å². The van der Waals surface area contributed by atoms with Crippen molar-refractivity contribution in [1.82, 2.24) is 9.97 Å². The zero-order chi connectivity index (χ0) is 7.56. The summed E-state index contributed by atoms with van der Waals surface area (Å²) in [6.45, 7) is 0. The van der Waals surface area contributed by atoms with E-state index in [0.717, 1.165) is 0 Å². The average Bonchev–Trinajstić information content (AvgIpc) is 2.34.